The lowest BCUT2D eigenvalue weighted by Gasteiger charge is -2.27. The summed E-state index contributed by atoms with van der Waals surface area (Å²) in [5.41, 5.74) is 1.59. The Hall–Kier alpha value is -0.830. The molecule has 0 bridgehead atoms. The lowest BCUT2D eigenvalue weighted by atomic mass is 9.86. The van der Waals surface area contributed by atoms with Gasteiger partial charge < -0.3 is 5.32 Å². The molecule has 2 rings (SSSR count). The normalized spacial score (nSPS) is 25.5. The van der Waals surface area contributed by atoms with E-state index in [1.54, 1.807) is 0 Å². The van der Waals surface area contributed by atoms with Crippen molar-refractivity contribution in [2.24, 2.45) is 0 Å². The molecule has 1 aromatic rings. The Labute approximate surface area is 85.5 Å². The largest absolute Gasteiger partial charge is 0.311 e. The van der Waals surface area contributed by atoms with Crippen LogP contribution in [-0.2, 0) is 6.54 Å². The standard InChI is InChI=1S/C11H19N3/c1-4-14-10(6-8-13-14)9-5-7-12-11(9,2)3/h6,8-9,12H,4-5,7H2,1-3H3. The van der Waals surface area contributed by atoms with E-state index in [1.807, 2.05) is 6.20 Å². The summed E-state index contributed by atoms with van der Waals surface area (Å²) < 4.78 is 2.11. The first kappa shape index (κ1) is 9.71. The van der Waals surface area contributed by atoms with Crippen LogP contribution in [0.15, 0.2) is 12.3 Å². The predicted molar refractivity (Wildman–Crippen MR) is 57.3 cm³/mol. The number of nitrogens with one attached hydrogen (secondary N) is 1. The van der Waals surface area contributed by atoms with Crippen LogP contribution in [-0.4, -0.2) is 21.9 Å². The average Bonchev–Trinajstić information content (AvgIpc) is 2.69. The van der Waals surface area contributed by atoms with E-state index in [9.17, 15) is 0 Å². The minimum atomic E-state index is 0.215. The zero-order chi connectivity index (χ0) is 10.2. The second-order valence-corrected chi connectivity index (χ2v) is 4.56. The van der Waals surface area contributed by atoms with E-state index in [4.69, 9.17) is 0 Å². The third-order valence-electron chi connectivity index (χ3n) is 3.29. The van der Waals surface area contributed by atoms with E-state index in [0.717, 1.165) is 13.1 Å². The van der Waals surface area contributed by atoms with Gasteiger partial charge in [0.1, 0.15) is 0 Å². The van der Waals surface area contributed by atoms with E-state index in [1.165, 1.54) is 12.1 Å². The van der Waals surface area contributed by atoms with Gasteiger partial charge in [-0.3, -0.25) is 4.68 Å². The second kappa shape index (κ2) is 3.39. The monoisotopic (exact) mass is 193 g/mol. The lowest BCUT2D eigenvalue weighted by Crippen LogP contribution is -2.37. The highest BCUT2D eigenvalue weighted by Gasteiger charge is 2.36. The van der Waals surface area contributed by atoms with Crippen LogP contribution in [0.25, 0.3) is 0 Å². The van der Waals surface area contributed by atoms with Gasteiger partial charge in [0.05, 0.1) is 0 Å². The molecule has 1 aliphatic rings. The fraction of sp³-hybridized carbons (Fsp3) is 0.727. The maximum absolute atomic E-state index is 4.33. The van der Waals surface area contributed by atoms with Gasteiger partial charge in [0, 0.05) is 29.9 Å². The van der Waals surface area contributed by atoms with E-state index in [0.29, 0.717) is 5.92 Å². The van der Waals surface area contributed by atoms with Gasteiger partial charge in [-0.05, 0) is 39.8 Å². The number of rotatable bonds is 2. The quantitative estimate of drug-likeness (QED) is 0.775. The summed E-state index contributed by atoms with van der Waals surface area (Å²) in [6.07, 6.45) is 3.13. The van der Waals surface area contributed by atoms with Gasteiger partial charge in [0.25, 0.3) is 0 Å². The highest BCUT2D eigenvalue weighted by atomic mass is 15.3. The molecule has 0 spiro atoms. The van der Waals surface area contributed by atoms with Crippen molar-refractivity contribution in [3.8, 4) is 0 Å². The molecule has 1 atom stereocenters. The number of nitrogens with zero attached hydrogens (tertiary/aromatic N) is 2. The predicted octanol–water partition coefficient (Wildman–Crippen LogP) is 1.76. The summed E-state index contributed by atoms with van der Waals surface area (Å²) >= 11 is 0. The Kier molecular flexibility index (Phi) is 2.35. The van der Waals surface area contributed by atoms with Gasteiger partial charge in [0.2, 0.25) is 0 Å². The van der Waals surface area contributed by atoms with E-state index < -0.39 is 0 Å². The summed E-state index contributed by atoms with van der Waals surface area (Å²) in [5.74, 6) is 0.602. The lowest BCUT2D eigenvalue weighted by molar-refractivity contribution is 0.391. The third kappa shape index (κ3) is 1.46. The molecule has 3 heteroatoms. The van der Waals surface area contributed by atoms with Crippen molar-refractivity contribution in [3.63, 3.8) is 0 Å². The number of hydrogen-bond donors (Lipinski definition) is 1. The van der Waals surface area contributed by atoms with Crippen molar-refractivity contribution in [3.05, 3.63) is 18.0 Å². The third-order valence-corrected chi connectivity index (χ3v) is 3.29. The molecule has 1 unspecified atom stereocenters. The number of hydrogen-bond acceptors (Lipinski definition) is 2. The SMILES string of the molecule is CCn1nccc1C1CCNC1(C)C. The van der Waals surface area contributed by atoms with Crippen LogP contribution >= 0.6 is 0 Å². The van der Waals surface area contributed by atoms with Crippen LogP contribution < -0.4 is 5.32 Å². The summed E-state index contributed by atoms with van der Waals surface area (Å²) in [6.45, 7) is 8.78. The molecule has 0 amide bonds. The fourth-order valence-electron chi connectivity index (χ4n) is 2.44. The van der Waals surface area contributed by atoms with Gasteiger partial charge in [-0.25, -0.2) is 0 Å². The first-order chi connectivity index (χ1) is 6.65. The van der Waals surface area contributed by atoms with E-state index in [-0.39, 0.29) is 5.54 Å². The molecule has 14 heavy (non-hydrogen) atoms. The van der Waals surface area contributed by atoms with Gasteiger partial charge in [-0.2, -0.15) is 5.10 Å². The minimum Gasteiger partial charge on any atom is -0.311 e. The summed E-state index contributed by atoms with van der Waals surface area (Å²) in [5, 5.41) is 7.88. The van der Waals surface area contributed by atoms with Gasteiger partial charge in [-0.1, -0.05) is 0 Å². The highest BCUT2D eigenvalue weighted by molar-refractivity contribution is 5.17. The average molecular weight is 193 g/mol. The Bertz CT molecular complexity index is 314. The maximum Gasteiger partial charge on any atom is 0.0492 e. The van der Waals surface area contributed by atoms with E-state index >= 15 is 0 Å². The smallest absolute Gasteiger partial charge is 0.0492 e. The summed E-state index contributed by atoms with van der Waals surface area (Å²) in [6, 6.07) is 2.16. The van der Waals surface area contributed by atoms with Crippen molar-refractivity contribution in [1.29, 1.82) is 0 Å². The molecule has 0 aliphatic carbocycles. The molecule has 2 heterocycles. The molecule has 3 nitrogen and oxygen atoms in total. The molecular weight excluding hydrogens is 174 g/mol. The first-order valence-electron chi connectivity index (χ1n) is 5.42. The van der Waals surface area contributed by atoms with Crippen LogP contribution in [0.2, 0.25) is 0 Å². The Balaban J connectivity index is 2.30. The summed E-state index contributed by atoms with van der Waals surface area (Å²) in [7, 11) is 0. The van der Waals surface area contributed by atoms with Crippen molar-refractivity contribution in [2.75, 3.05) is 6.54 Å². The zero-order valence-corrected chi connectivity index (χ0v) is 9.25. The first-order valence-corrected chi connectivity index (χ1v) is 5.42. The minimum absolute atomic E-state index is 0.215. The molecule has 78 valence electrons. The molecular formula is C11H19N3. The van der Waals surface area contributed by atoms with Crippen LogP contribution in [0, 0.1) is 0 Å². The molecule has 1 aliphatic heterocycles. The van der Waals surface area contributed by atoms with Crippen LogP contribution in [0.4, 0.5) is 0 Å². The van der Waals surface area contributed by atoms with Crippen LogP contribution in [0.3, 0.4) is 0 Å². The molecule has 0 radical (unpaired) electrons. The van der Waals surface area contributed by atoms with Crippen molar-refractivity contribution in [2.45, 2.75) is 45.2 Å². The molecule has 1 aromatic heterocycles. The Morgan fingerprint density at radius 1 is 1.64 bits per heavy atom. The highest BCUT2D eigenvalue weighted by Crippen LogP contribution is 2.34. The van der Waals surface area contributed by atoms with Crippen molar-refractivity contribution < 1.29 is 0 Å². The molecule has 0 aromatic carbocycles. The molecule has 1 N–H and O–H groups in total. The van der Waals surface area contributed by atoms with E-state index in [2.05, 4.69) is 41.9 Å². The van der Waals surface area contributed by atoms with Gasteiger partial charge in [0.15, 0.2) is 0 Å². The fourth-order valence-corrected chi connectivity index (χ4v) is 2.44. The molecule has 0 saturated carbocycles. The maximum atomic E-state index is 4.33. The Morgan fingerprint density at radius 3 is 3.00 bits per heavy atom. The topological polar surface area (TPSA) is 29.9 Å². The van der Waals surface area contributed by atoms with Crippen LogP contribution in [0.1, 0.15) is 38.8 Å². The molecule has 1 fully saturated rings. The van der Waals surface area contributed by atoms with Crippen LogP contribution in [0.5, 0.6) is 0 Å². The van der Waals surface area contributed by atoms with Gasteiger partial charge in [-0.15, -0.1) is 0 Å². The van der Waals surface area contributed by atoms with Crippen molar-refractivity contribution in [1.82, 2.24) is 15.1 Å². The van der Waals surface area contributed by atoms with Gasteiger partial charge >= 0.3 is 0 Å². The Morgan fingerprint density at radius 2 is 2.43 bits per heavy atom. The second-order valence-electron chi connectivity index (χ2n) is 4.56. The number of aryl methyl sites for hydroxylation is 1. The van der Waals surface area contributed by atoms with Crippen molar-refractivity contribution >= 4 is 0 Å². The zero-order valence-electron chi connectivity index (χ0n) is 9.25. The summed E-state index contributed by atoms with van der Waals surface area (Å²) in [4.78, 5) is 0. The number of aromatic nitrogens is 2. The molecule has 1 saturated heterocycles.